The number of aliphatic hydroxyl groups excluding tert-OH is 2. The molecule has 0 amide bonds. The van der Waals surface area contributed by atoms with Gasteiger partial charge < -0.3 is 29.2 Å². The van der Waals surface area contributed by atoms with Gasteiger partial charge in [-0.05, 0) is 35.4 Å². The Labute approximate surface area is 267 Å². The van der Waals surface area contributed by atoms with E-state index in [1.807, 2.05) is 97.1 Å². The molecule has 8 heteroatoms. The van der Waals surface area contributed by atoms with Crippen LogP contribution in [0.4, 0.5) is 0 Å². The number of aliphatic hydroxyl groups is 2. The van der Waals surface area contributed by atoms with Gasteiger partial charge in [-0.25, -0.2) is 9.59 Å². The summed E-state index contributed by atoms with van der Waals surface area (Å²) in [5.74, 6) is -0.448. The van der Waals surface area contributed by atoms with E-state index >= 15 is 0 Å². The molecular weight excluding hydrogens is 584 g/mol. The summed E-state index contributed by atoms with van der Waals surface area (Å²) in [5, 5.41) is 20.9. The van der Waals surface area contributed by atoms with Crippen LogP contribution in [0.5, 0.6) is 11.5 Å². The number of esters is 2. The van der Waals surface area contributed by atoms with Crippen molar-refractivity contribution in [1.82, 2.24) is 0 Å². The summed E-state index contributed by atoms with van der Waals surface area (Å²) >= 11 is 0. The third-order valence-corrected chi connectivity index (χ3v) is 6.99. The highest BCUT2D eigenvalue weighted by molar-refractivity contribution is 6.03. The number of para-hydroxylation sites is 2. The predicted molar refractivity (Wildman–Crippen MR) is 174 cm³/mol. The quantitative estimate of drug-likeness (QED) is 0.141. The first-order valence-corrected chi connectivity index (χ1v) is 14.8. The molecule has 234 valence electrons. The van der Waals surface area contributed by atoms with Gasteiger partial charge in [0, 0.05) is 11.1 Å². The normalized spacial score (nSPS) is 12.0. The van der Waals surface area contributed by atoms with Gasteiger partial charge >= 0.3 is 11.9 Å². The minimum Gasteiger partial charge on any atom is -0.490 e. The Balaban J connectivity index is 1.11. The van der Waals surface area contributed by atoms with Crippen LogP contribution in [0, 0.1) is 0 Å². The molecule has 46 heavy (non-hydrogen) atoms. The number of rotatable bonds is 14. The van der Waals surface area contributed by atoms with Crippen LogP contribution < -0.4 is 9.47 Å². The van der Waals surface area contributed by atoms with Gasteiger partial charge in [0.05, 0.1) is 11.1 Å². The second kappa shape index (κ2) is 16.0. The van der Waals surface area contributed by atoms with Gasteiger partial charge in [-0.15, -0.1) is 0 Å². The lowest BCUT2D eigenvalue weighted by Crippen LogP contribution is -2.27. The Bertz CT molecular complexity index is 1590. The molecule has 5 aromatic carbocycles. The van der Waals surface area contributed by atoms with Crippen molar-refractivity contribution in [1.29, 1.82) is 0 Å². The molecule has 0 aliphatic rings. The van der Waals surface area contributed by atoms with Crippen molar-refractivity contribution in [3.05, 3.63) is 145 Å². The first-order valence-electron chi connectivity index (χ1n) is 14.8. The standard InChI is InChI=1S/C38H34O8/c39-29(23-43-35-21-11-9-17-31(35)27-13-3-1-4-14-27)25-45-37(41)33-19-7-8-20-34(33)38(42)46-26-30(40)24-44-36-22-12-10-18-32(36)28-15-5-2-6-16-28/h1-22,29-30,39-40H,23-26H2. The van der Waals surface area contributed by atoms with Gasteiger partial charge in [0.1, 0.15) is 50.1 Å². The summed E-state index contributed by atoms with van der Waals surface area (Å²) in [4.78, 5) is 25.8. The monoisotopic (exact) mass is 618 g/mol. The summed E-state index contributed by atoms with van der Waals surface area (Å²) < 4.78 is 22.3. The highest BCUT2D eigenvalue weighted by Gasteiger charge is 2.21. The third-order valence-electron chi connectivity index (χ3n) is 6.99. The molecule has 0 aromatic heterocycles. The summed E-state index contributed by atoms with van der Waals surface area (Å²) in [6.45, 7) is -0.931. The topological polar surface area (TPSA) is 112 Å². The summed E-state index contributed by atoms with van der Waals surface area (Å²) in [6.07, 6.45) is -2.23. The van der Waals surface area contributed by atoms with Crippen molar-refractivity contribution in [2.24, 2.45) is 0 Å². The van der Waals surface area contributed by atoms with Crippen LogP contribution in [0.15, 0.2) is 133 Å². The zero-order chi connectivity index (χ0) is 32.1. The highest BCUT2D eigenvalue weighted by Crippen LogP contribution is 2.30. The maximum Gasteiger partial charge on any atom is 0.339 e. The molecule has 0 aliphatic heterocycles. The van der Waals surface area contributed by atoms with Crippen molar-refractivity contribution in [3.63, 3.8) is 0 Å². The molecular formula is C38H34O8. The van der Waals surface area contributed by atoms with Gasteiger partial charge in [-0.3, -0.25) is 0 Å². The van der Waals surface area contributed by atoms with Gasteiger partial charge in [-0.1, -0.05) is 109 Å². The second-order valence-electron chi connectivity index (χ2n) is 10.4. The Morgan fingerprint density at radius 3 is 1.22 bits per heavy atom. The lowest BCUT2D eigenvalue weighted by Gasteiger charge is -2.16. The van der Waals surface area contributed by atoms with E-state index in [-0.39, 0.29) is 37.6 Å². The predicted octanol–water partition coefficient (Wildman–Crippen LogP) is 6.21. The molecule has 0 bridgehead atoms. The molecule has 8 nitrogen and oxygen atoms in total. The summed E-state index contributed by atoms with van der Waals surface area (Å²) in [7, 11) is 0. The molecule has 2 unspecified atom stereocenters. The van der Waals surface area contributed by atoms with Crippen molar-refractivity contribution < 1.29 is 38.7 Å². The van der Waals surface area contributed by atoms with Crippen molar-refractivity contribution in [2.75, 3.05) is 26.4 Å². The Kier molecular flexibility index (Phi) is 11.1. The number of hydrogen-bond donors (Lipinski definition) is 2. The van der Waals surface area contributed by atoms with Crippen LogP contribution in [-0.2, 0) is 9.47 Å². The van der Waals surface area contributed by atoms with E-state index in [9.17, 15) is 19.8 Å². The van der Waals surface area contributed by atoms with E-state index in [0.29, 0.717) is 11.5 Å². The summed E-state index contributed by atoms with van der Waals surface area (Å²) in [6, 6.07) is 40.4. The number of ether oxygens (including phenoxy) is 4. The maximum atomic E-state index is 12.9. The van der Waals surface area contributed by atoms with Gasteiger partial charge in [0.2, 0.25) is 0 Å². The molecule has 0 heterocycles. The minimum absolute atomic E-state index is 0.0300. The van der Waals surface area contributed by atoms with Gasteiger partial charge in [0.15, 0.2) is 0 Å². The molecule has 2 N–H and O–H groups in total. The van der Waals surface area contributed by atoms with Crippen LogP contribution in [-0.4, -0.2) is 60.8 Å². The molecule has 5 rings (SSSR count). The Morgan fingerprint density at radius 1 is 0.457 bits per heavy atom. The lowest BCUT2D eigenvalue weighted by atomic mass is 10.1. The lowest BCUT2D eigenvalue weighted by molar-refractivity contribution is 0.0100. The number of benzene rings is 5. The Morgan fingerprint density at radius 2 is 0.804 bits per heavy atom. The second-order valence-corrected chi connectivity index (χ2v) is 10.4. The fourth-order valence-corrected chi connectivity index (χ4v) is 4.70. The number of carbonyl (C=O) groups excluding carboxylic acids is 2. The SMILES string of the molecule is O=C(OCC(O)COc1ccccc1-c1ccccc1)c1ccccc1C(=O)OCC(O)COc1ccccc1-c1ccccc1. The first kappa shape index (κ1) is 32.0. The van der Waals surface area contributed by atoms with E-state index in [2.05, 4.69) is 0 Å². The number of carbonyl (C=O) groups is 2. The van der Waals surface area contributed by atoms with Crippen molar-refractivity contribution in [2.45, 2.75) is 12.2 Å². The van der Waals surface area contributed by atoms with Gasteiger partial charge in [0.25, 0.3) is 0 Å². The molecule has 5 aromatic rings. The van der Waals surface area contributed by atoms with E-state index in [0.717, 1.165) is 22.3 Å². The average molecular weight is 619 g/mol. The molecule has 0 fully saturated rings. The van der Waals surface area contributed by atoms with Crippen LogP contribution in [0.25, 0.3) is 22.3 Å². The average Bonchev–Trinajstić information content (AvgIpc) is 3.12. The van der Waals surface area contributed by atoms with E-state index in [4.69, 9.17) is 18.9 Å². The van der Waals surface area contributed by atoms with Crippen LogP contribution in [0.3, 0.4) is 0 Å². The molecule has 0 aliphatic carbocycles. The molecule has 0 radical (unpaired) electrons. The largest absolute Gasteiger partial charge is 0.490 e. The molecule has 0 spiro atoms. The van der Waals surface area contributed by atoms with Crippen LogP contribution in [0.2, 0.25) is 0 Å². The Hall–Kier alpha value is -5.44. The zero-order valence-electron chi connectivity index (χ0n) is 25.0. The van der Waals surface area contributed by atoms with Crippen LogP contribution in [0.1, 0.15) is 20.7 Å². The van der Waals surface area contributed by atoms with E-state index < -0.39 is 24.1 Å². The molecule has 2 atom stereocenters. The van der Waals surface area contributed by atoms with Crippen molar-refractivity contribution >= 4 is 11.9 Å². The maximum absolute atomic E-state index is 12.9. The van der Waals surface area contributed by atoms with Crippen molar-refractivity contribution in [3.8, 4) is 33.8 Å². The van der Waals surface area contributed by atoms with E-state index in [1.54, 1.807) is 24.3 Å². The third kappa shape index (κ3) is 8.59. The summed E-state index contributed by atoms with van der Waals surface area (Å²) in [5.41, 5.74) is 3.61. The van der Waals surface area contributed by atoms with Gasteiger partial charge in [-0.2, -0.15) is 0 Å². The minimum atomic E-state index is -1.12. The fraction of sp³-hybridized carbons (Fsp3) is 0.158. The fourth-order valence-electron chi connectivity index (χ4n) is 4.70. The first-order chi connectivity index (χ1) is 22.5. The smallest absolute Gasteiger partial charge is 0.339 e. The number of hydrogen-bond acceptors (Lipinski definition) is 8. The highest BCUT2D eigenvalue weighted by atomic mass is 16.6. The zero-order valence-corrected chi connectivity index (χ0v) is 25.0. The molecule has 0 saturated carbocycles. The van der Waals surface area contributed by atoms with Crippen LogP contribution >= 0.6 is 0 Å². The van der Waals surface area contributed by atoms with E-state index in [1.165, 1.54) is 12.1 Å². The molecule has 0 saturated heterocycles.